The average Bonchev–Trinajstić information content (AvgIpc) is 1.61. The highest BCUT2D eigenvalue weighted by Crippen LogP contribution is 2.48. The monoisotopic (exact) mass is 2180 g/mol. The molecule has 0 atom stereocenters. The molecule has 7 aromatic carbocycles. The molecule has 17 rings (SSSR count). The number of ether oxygens (including phenoxy) is 4. The van der Waals surface area contributed by atoms with Crippen molar-refractivity contribution in [1.29, 1.82) is 0 Å². The fourth-order valence-electron chi connectivity index (χ4n) is 19.6. The normalized spacial score (nSPS) is 21.0. The van der Waals surface area contributed by atoms with Gasteiger partial charge in [0, 0.05) is 107 Å². The van der Waals surface area contributed by atoms with Crippen molar-refractivity contribution in [2.24, 2.45) is 22.9 Å². The summed E-state index contributed by atoms with van der Waals surface area (Å²) in [5, 5.41) is 29.1. The molecule has 4 saturated carbocycles. The number of aliphatic hydroxyl groups excluding tert-OH is 1. The molecule has 4 amide bonds. The lowest BCUT2D eigenvalue weighted by molar-refractivity contribution is -0.111. The fraction of sp³-hybridized carbons (Fsp3) is 0.464. The van der Waals surface area contributed by atoms with Gasteiger partial charge in [-0.1, -0.05) is 161 Å². The SMILES string of the molecule is C.C1CCOC1.CCC1(n2cc(C(N)=O)c(Cc3ccc(S(C)(=O)=O)cc3)n2)CCC(O)CC1.CCC1(n2cc(C(N)=O)c(Cc3ccc(S(C)(=O)=O)cc3)n2)CCC(OCc2ccccc2)CC1.CS(=O)(=O)c1ccc(Cc2nn(C3(CC4SCCS4)CCC(OCc4ccccc4)CC3)cc2C(N)=O)cc1.CS(=O)(=O)c1ccc(Cc2nn(C3(CC=O)CCC(OCc4ccccc4)CC3)cc2C(N)=O)cc1.SCCS. The highest BCUT2D eigenvalue weighted by atomic mass is 32.2. The minimum atomic E-state index is -3.30. The first-order chi connectivity index (χ1) is 70.2. The molecule has 0 radical (unpaired) electrons. The number of thiol groups is 2. The van der Waals surface area contributed by atoms with Crippen LogP contribution in [0.5, 0.6) is 0 Å². The zero-order valence-electron chi connectivity index (χ0n) is 84.5. The van der Waals surface area contributed by atoms with E-state index >= 15 is 0 Å². The molecule has 2 saturated heterocycles. The Balaban J connectivity index is 0.000000182. The minimum Gasteiger partial charge on any atom is -0.393 e. The van der Waals surface area contributed by atoms with Gasteiger partial charge in [0.25, 0.3) is 23.6 Å². The number of carbonyl (C=O) groups is 5. The maximum atomic E-state index is 12.5. The molecule has 148 heavy (non-hydrogen) atoms. The van der Waals surface area contributed by atoms with Crippen molar-refractivity contribution in [2.75, 3.05) is 61.2 Å². The highest BCUT2D eigenvalue weighted by Gasteiger charge is 2.45. The van der Waals surface area contributed by atoms with Crippen LogP contribution in [0.3, 0.4) is 0 Å². The number of sulfone groups is 4. The van der Waals surface area contributed by atoms with Crippen molar-refractivity contribution in [2.45, 2.75) is 279 Å². The summed E-state index contributed by atoms with van der Waals surface area (Å²) in [6.45, 7) is 8.01. The van der Waals surface area contributed by atoms with Gasteiger partial charge in [-0.15, -0.1) is 23.5 Å². The van der Waals surface area contributed by atoms with E-state index in [2.05, 4.69) is 63.4 Å². The van der Waals surface area contributed by atoms with Crippen LogP contribution in [0.25, 0.3) is 0 Å². The van der Waals surface area contributed by atoms with E-state index in [1.807, 2.05) is 110 Å². The lowest BCUT2D eigenvalue weighted by atomic mass is 9.78. The number of primary amides is 4. The lowest BCUT2D eigenvalue weighted by Gasteiger charge is -2.41. The molecule has 6 aliphatic rings. The van der Waals surface area contributed by atoms with Crippen molar-refractivity contribution in [3.8, 4) is 0 Å². The van der Waals surface area contributed by atoms with Crippen LogP contribution in [0.4, 0.5) is 0 Å². The van der Waals surface area contributed by atoms with Crippen LogP contribution < -0.4 is 22.9 Å². The molecule has 6 heterocycles. The molecule has 0 spiro atoms. The van der Waals surface area contributed by atoms with Crippen LogP contribution in [0.15, 0.2) is 232 Å². The number of amides is 4. The fourth-order valence-corrected chi connectivity index (χ4v) is 25.2. The predicted molar refractivity (Wildman–Crippen MR) is 588 cm³/mol. The molecule has 4 aromatic heterocycles. The molecule has 0 unspecified atom stereocenters. The number of benzene rings is 7. The summed E-state index contributed by atoms with van der Waals surface area (Å²) in [5.41, 5.74) is 32.3. The van der Waals surface area contributed by atoms with Crippen molar-refractivity contribution in [3.63, 3.8) is 0 Å². The number of aldehydes is 1. The summed E-state index contributed by atoms with van der Waals surface area (Å²) in [7, 11) is -13.1. The van der Waals surface area contributed by atoms with Gasteiger partial charge in [-0.25, -0.2) is 33.7 Å². The van der Waals surface area contributed by atoms with Gasteiger partial charge in [0.05, 0.1) is 136 Å². The molecule has 2 aliphatic heterocycles. The number of nitrogens with two attached hydrogens (primary N) is 4. The van der Waals surface area contributed by atoms with Gasteiger partial charge in [-0.3, -0.25) is 37.9 Å². The first-order valence-corrected chi connectivity index (χ1v) is 60.9. The molecule has 0 bridgehead atoms. The minimum absolute atomic E-state index is 0. The van der Waals surface area contributed by atoms with Gasteiger partial charge >= 0.3 is 0 Å². The molecular weight excluding hydrogens is 2030 g/mol. The predicted octanol–water partition coefficient (Wildman–Crippen LogP) is 17.0. The van der Waals surface area contributed by atoms with E-state index in [0.29, 0.717) is 121 Å². The number of carbonyl (C=O) groups excluding carboxylic acids is 5. The summed E-state index contributed by atoms with van der Waals surface area (Å²) in [4.78, 5) is 61.6. The second-order valence-corrected chi connectivity index (χ2v) is 50.8. The standard InChI is InChI=1S/C29H35N3O4S3.C27H31N3O5S.C27H33N3O4S.C20H27N3O4S.C4H8O.C2H6S2.CH4/c1-39(34,35)24-9-7-21(8-10-24)17-26-25(28(30)33)19-32(31-26)29(18-27-37-15-16-38-27)13-11-23(12-14-29)36-20-22-5-3-2-4-6-22;1-36(33,34)23-9-7-20(8-10-23)17-25-24(26(28)32)18-30(29-25)27(15-16-31)13-11-22(12-14-27)35-19-21-5-3-2-4-6-21;1-3-27(15-13-22(14-16-27)34-19-21-7-5-4-6-8-21)30-18-24(26(28)31)25(29-30)17-20-9-11-23(12-10-20)35(2,32)33;1-3-20(10-8-15(24)9-11-20)23-13-17(19(21)25)18(22-23)12-14-4-6-16(7-5-14)28(2,26)27;1-2-4-5-3-1;3-1-2-4;/h2-10,19,23,27H,11-18,20H2,1H3,(H2,30,33);2-10,16,18,22H,11-15,17,19H2,1H3,(H2,28,32);4-12,18,22H,3,13-17,19H2,1-2H3,(H2,28,31);4-7,13,15,24H,3,8-12H2,1-2H3,(H2,21,25);1-4H2;3-4H,1-2H2;1H4. The van der Waals surface area contributed by atoms with Crippen LogP contribution >= 0.6 is 48.8 Å². The highest BCUT2D eigenvalue weighted by molar-refractivity contribution is 8.20. The lowest BCUT2D eigenvalue weighted by Crippen LogP contribution is -2.41. The number of hydrogen-bond acceptors (Lipinski definition) is 26. The first-order valence-electron chi connectivity index (χ1n) is 50.0. The first kappa shape index (κ1) is 118. The molecule has 800 valence electrons. The average molecular weight is 2180 g/mol. The zero-order chi connectivity index (χ0) is 106. The largest absolute Gasteiger partial charge is 0.393 e. The Kier molecular flexibility index (Phi) is 43.7. The number of rotatable bonds is 36. The van der Waals surface area contributed by atoms with Crippen LogP contribution in [0, 0.1) is 0 Å². The zero-order valence-corrected chi connectivity index (χ0v) is 91.2. The quantitative estimate of drug-likeness (QED) is 0.0142. The smallest absolute Gasteiger partial charge is 0.252 e. The second kappa shape index (κ2) is 54.8. The number of nitrogens with zero attached hydrogens (tertiary/aromatic N) is 8. The second-order valence-electron chi connectivity index (χ2n) is 38.9. The molecule has 6 fully saturated rings. The maximum absolute atomic E-state index is 12.5. The van der Waals surface area contributed by atoms with Gasteiger partial charge in [0.2, 0.25) is 0 Å². The number of thioether (sulfide) groups is 2. The van der Waals surface area contributed by atoms with Crippen LogP contribution in [0.2, 0.25) is 0 Å². The molecular formula is C110H144N12O18S8. The van der Waals surface area contributed by atoms with Gasteiger partial charge in [-0.05, 0) is 234 Å². The molecule has 11 aromatic rings. The van der Waals surface area contributed by atoms with Crippen molar-refractivity contribution < 1.29 is 81.7 Å². The topological polar surface area (TPSA) is 454 Å². The van der Waals surface area contributed by atoms with Crippen LogP contribution in [-0.4, -0.2) is 198 Å². The summed E-state index contributed by atoms with van der Waals surface area (Å²) in [5.74, 6) is 1.95. The molecule has 4 aliphatic carbocycles. The van der Waals surface area contributed by atoms with Gasteiger partial charge < -0.3 is 51.8 Å². The van der Waals surface area contributed by atoms with Crippen molar-refractivity contribution in [1.82, 2.24) is 39.1 Å². The van der Waals surface area contributed by atoms with Gasteiger partial charge in [0.15, 0.2) is 39.3 Å². The molecule has 9 N–H and O–H groups in total. The van der Waals surface area contributed by atoms with E-state index in [9.17, 15) is 62.8 Å². The summed E-state index contributed by atoms with van der Waals surface area (Å²) < 4.78 is 126. The summed E-state index contributed by atoms with van der Waals surface area (Å²) >= 11 is 11.7. The van der Waals surface area contributed by atoms with E-state index in [4.69, 9.17) is 62.3 Å². The summed E-state index contributed by atoms with van der Waals surface area (Å²) in [6, 6.07) is 56.9. The Morgan fingerprint density at radius 1 is 0.392 bits per heavy atom. The van der Waals surface area contributed by atoms with Gasteiger partial charge in [-0.2, -0.15) is 45.7 Å². The van der Waals surface area contributed by atoms with E-state index in [-0.39, 0.29) is 74.5 Å². The Morgan fingerprint density at radius 2 is 0.642 bits per heavy atom. The third-order valence-electron chi connectivity index (χ3n) is 28.5. The van der Waals surface area contributed by atoms with Crippen LogP contribution in [-0.2, 0) is 131 Å². The van der Waals surface area contributed by atoms with Crippen LogP contribution in [0.1, 0.15) is 266 Å². The number of aliphatic hydroxyl groups is 1. The molecule has 38 heteroatoms. The Morgan fingerprint density at radius 3 is 0.878 bits per heavy atom. The summed E-state index contributed by atoms with van der Waals surface area (Å²) in [6.07, 6.45) is 33.2. The Bertz CT molecular complexity index is 6600. The third kappa shape index (κ3) is 33.2. The van der Waals surface area contributed by atoms with E-state index in [1.165, 1.54) is 54.9 Å². The van der Waals surface area contributed by atoms with Crippen molar-refractivity contribution >= 4 is 118 Å². The Hall–Kier alpha value is -10.1. The number of aromatic nitrogens is 8. The van der Waals surface area contributed by atoms with E-state index in [1.54, 1.807) is 108 Å². The Labute approximate surface area is 891 Å². The number of hydrogen-bond donors (Lipinski definition) is 7. The van der Waals surface area contributed by atoms with E-state index < -0.39 is 68.5 Å². The molecule has 30 nitrogen and oxygen atoms in total. The third-order valence-corrected chi connectivity index (χ3v) is 36.8. The van der Waals surface area contributed by atoms with Crippen molar-refractivity contribution in [3.05, 3.63) is 297 Å². The van der Waals surface area contributed by atoms with Gasteiger partial charge in [0.1, 0.15) is 6.29 Å². The van der Waals surface area contributed by atoms with E-state index in [0.717, 1.165) is 173 Å². The maximum Gasteiger partial charge on any atom is 0.252 e.